The number of amides is 1. The van der Waals surface area contributed by atoms with E-state index in [0.717, 1.165) is 23.2 Å². The van der Waals surface area contributed by atoms with Crippen LogP contribution in [0, 0.1) is 0 Å². The summed E-state index contributed by atoms with van der Waals surface area (Å²) in [5, 5.41) is 3.49. The molecule has 0 atom stereocenters. The second-order valence-electron chi connectivity index (χ2n) is 4.92. The van der Waals surface area contributed by atoms with Crippen molar-refractivity contribution >= 4 is 27.5 Å². The third kappa shape index (κ3) is 4.21. The molecule has 1 amide bonds. The van der Waals surface area contributed by atoms with Crippen molar-refractivity contribution in [1.29, 1.82) is 0 Å². The lowest BCUT2D eigenvalue weighted by atomic mass is 10.2. The van der Waals surface area contributed by atoms with Crippen LogP contribution in [0.2, 0.25) is 0 Å². The summed E-state index contributed by atoms with van der Waals surface area (Å²) in [7, 11) is 0. The molecule has 5 heteroatoms. The maximum absolute atomic E-state index is 11.1. The van der Waals surface area contributed by atoms with Gasteiger partial charge in [-0.05, 0) is 53.4 Å². The van der Waals surface area contributed by atoms with Gasteiger partial charge in [-0.2, -0.15) is 0 Å². The fraction of sp³-hybridized carbons (Fsp3) is 0.500. The van der Waals surface area contributed by atoms with Crippen LogP contribution >= 0.6 is 15.9 Å². The van der Waals surface area contributed by atoms with Crippen molar-refractivity contribution in [1.82, 2.24) is 5.32 Å². The summed E-state index contributed by atoms with van der Waals surface area (Å²) in [6, 6.07) is 6.95. The van der Waals surface area contributed by atoms with E-state index in [1.807, 2.05) is 17.9 Å². The molecule has 1 fully saturated rings. The minimum Gasteiger partial charge on any atom is -0.368 e. The van der Waals surface area contributed by atoms with E-state index < -0.39 is 0 Å². The highest BCUT2D eigenvalue weighted by Crippen LogP contribution is 2.28. The van der Waals surface area contributed by atoms with Crippen LogP contribution in [-0.2, 0) is 11.3 Å². The molecule has 0 bridgehead atoms. The zero-order chi connectivity index (χ0) is 13.8. The van der Waals surface area contributed by atoms with Gasteiger partial charge >= 0.3 is 0 Å². The van der Waals surface area contributed by atoms with Gasteiger partial charge in [-0.25, -0.2) is 0 Å². The molecular weight excluding hydrogens is 306 g/mol. The largest absolute Gasteiger partial charge is 0.368 e. The van der Waals surface area contributed by atoms with Gasteiger partial charge in [0.15, 0.2) is 0 Å². The Kier molecular flexibility index (Phi) is 4.82. The van der Waals surface area contributed by atoms with Crippen LogP contribution in [0.1, 0.15) is 25.3 Å². The lowest BCUT2D eigenvalue weighted by molar-refractivity contribution is -0.116. The molecule has 0 unspecified atom stereocenters. The number of hydrogen-bond donors (Lipinski definition) is 2. The van der Waals surface area contributed by atoms with Crippen LogP contribution in [0.5, 0.6) is 0 Å². The Morgan fingerprint density at radius 1 is 1.53 bits per heavy atom. The second kappa shape index (κ2) is 6.39. The normalized spacial score (nSPS) is 14.4. The van der Waals surface area contributed by atoms with E-state index in [9.17, 15) is 4.79 Å². The second-order valence-corrected chi connectivity index (χ2v) is 5.78. The number of primary amides is 1. The zero-order valence-electron chi connectivity index (χ0n) is 11.2. The highest BCUT2D eigenvalue weighted by Gasteiger charge is 2.20. The number of likely N-dealkylation sites (N-methyl/N-ethyl adjacent to an activating group) is 1. The van der Waals surface area contributed by atoms with E-state index in [-0.39, 0.29) is 12.5 Å². The molecule has 3 N–H and O–H groups in total. The highest BCUT2D eigenvalue weighted by molar-refractivity contribution is 9.10. The first-order valence-corrected chi connectivity index (χ1v) is 7.44. The van der Waals surface area contributed by atoms with E-state index >= 15 is 0 Å². The number of nitrogens with two attached hydrogens (primary N) is 1. The molecular formula is C14H20BrN3O. The first-order chi connectivity index (χ1) is 9.10. The molecule has 4 nitrogen and oxygen atoms in total. The maximum atomic E-state index is 11.1. The minimum absolute atomic E-state index is 0.245. The Hall–Kier alpha value is -1.07. The SMILES string of the molecule is CCN(CC(N)=O)c1ccc(CNC2CC2)cc1Br. The topological polar surface area (TPSA) is 58.4 Å². The molecule has 19 heavy (non-hydrogen) atoms. The van der Waals surface area contributed by atoms with Crippen LogP contribution < -0.4 is 16.0 Å². The lowest BCUT2D eigenvalue weighted by Crippen LogP contribution is -2.33. The smallest absolute Gasteiger partial charge is 0.236 e. The number of nitrogens with zero attached hydrogens (tertiary/aromatic N) is 1. The third-order valence-corrected chi connectivity index (χ3v) is 3.89. The van der Waals surface area contributed by atoms with Gasteiger partial charge in [0.05, 0.1) is 12.2 Å². The van der Waals surface area contributed by atoms with E-state index in [4.69, 9.17) is 5.73 Å². The van der Waals surface area contributed by atoms with Gasteiger partial charge in [0, 0.05) is 23.6 Å². The Balaban J connectivity index is 2.05. The molecule has 0 radical (unpaired) electrons. The van der Waals surface area contributed by atoms with Crippen molar-refractivity contribution in [2.24, 2.45) is 5.73 Å². The average Bonchev–Trinajstić information content (AvgIpc) is 3.18. The molecule has 1 aliphatic carbocycles. The van der Waals surface area contributed by atoms with Crippen molar-refractivity contribution in [3.63, 3.8) is 0 Å². The van der Waals surface area contributed by atoms with E-state index in [1.54, 1.807) is 0 Å². The van der Waals surface area contributed by atoms with E-state index in [2.05, 4.69) is 33.4 Å². The average molecular weight is 326 g/mol. The number of nitrogens with one attached hydrogen (secondary N) is 1. The summed E-state index contributed by atoms with van der Waals surface area (Å²) in [6.07, 6.45) is 2.59. The first-order valence-electron chi connectivity index (χ1n) is 6.65. The Labute approximate surface area is 122 Å². The van der Waals surface area contributed by atoms with Gasteiger partial charge < -0.3 is 16.0 Å². The Morgan fingerprint density at radius 2 is 2.26 bits per heavy atom. The Bertz CT molecular complexity index is 460. The van der Waals surface area contributed by atoms with Gasteiger partial charge in [0.2, 0.25) is 5.91 Å². The molecule has 104 valence electrons. The van der Waals surface area contributed by atoms with Crippen molar-refractivity contribution in [2.45, 2.75) is 32.4 Å². The zero-order valence-corrected chi connectivity index (χ0v) is 12.7. The fourth-order valence-corrected chi connectivity index (χ4v) is 2.70. The number of carbonyl (C=O) groups is 1. The van der Waals surface area contributed by atoms with E-state index in [0.29, 0.717) is 6.04 Å². The molecule has 0 heterocycles. The molecule has 0 aromatic heterocycles. The third-order valence-electron chi connectivity index (χ3n) is 3.25. The fourth-order valence-electron chi connectivity index (χ4n) is 2.02. The van der Waals surface area contributed by atoms with Crippen LogP contribution in [-0.4, -0.2) is 25.0 Å². The van der Waals surface area contributed by atoms with Gasteiger partial charge in [0.25, 0.3) is 0 Å². The summed E-state index contributed by atoms with van der Waals surface area (Å²) in [5.74, 6) is -0.312. The van der Waals surface area contributed by atoms with E-state index in [1.165, 1.54) is 18.4 Å². The van der Waals surface area contributed by atoms with Crippen molar-refractivity contribution in [2.75, 3.05) is 18.0 Å². The summed E-state index contributed by atoms with van der Waals surface area (Å²) >= 11 is 3.58. The number of carbonyl (C=O) groups excluding carboxylic acids is 1. The molecule has 1 aromatic carbocycles. The highest BCUT2D eigenvalue weighted by atomic mass is 79.9. The van der Waals surface area contributed by atoms with Crippen LogP contribution in [0.4, 0.5) is 5.69 Å². The Morgan fingerprint density at radius 3 is 2.79 bits per heavy atom. The molecule has 0 spiro atoms. The first kappa shape index (κ1) is 14.3. The number of rotatable bonds is 7. The molecule has 1 saturated carbocycles. The summed E-state index contributed by atoms with van der Waals surface area (Å²) in [5.41, 5.74) is 7.53. The predicted molar refractivity (Wildman–Crippen MR) is 81.1 cm³/mol. The number of benzene rings is 1. The van der Waals surface area contributed by atoms with Crippen molar-refractivity contribution in [3.05, 3.63) is 28.2 Å². The van der Waals surface area contributed by atoms with Gasteiger partial charge in [-0.1, -0.05) is 6.07 Å². The standard InChI is InChI=1S/C14H20BrN3O/c1-2-18(9-14(16)19)13-6-3-10(7-12(13)15)8-17-11-4-5-11/h3,6-7,11,17H,2,4-5,8-9H2,1H3,(H2,16,19). The molecule has 1 aliphatic rings. The minimum atomic E-state index is -0.312. The summed E-state index contributed by atoms with van der Waals surface area (Å²) in [4.78, 5) is 13.0. The van der Waals surface area contributed by atoms with Crippen molar-refractivity contribution < 1.29 is 4.79 Å². The predicted octanol–water partition coefficient (Wildman–Crippen LogP) is 2.01. The number of hydrogen-bond acceptors (Lipinski definition) is 3. The summed E-state index contributed by atoms with van der Waals surface area (Å²) in [6.45, 7) is 3.90. The van der Waals surface area contributed by atoms with Gasteiger partial charge in [-0.3, -0.25) is 4.79 Å². The molecule has 2 rings (SSSR count). The van der Waals surface area contributed by atoms with Crippen molar-refractivity contribution in [3.8, 4) is 0 Å². The number of halogens is 1. The maximum Gasteiger partial charge on any atom is 0.236 e. The quantitative estimate of drug-likeness (QED) is 0.806. The lowest BCUT2D eigenvalue weighted by Gasteiger charge is -2.23. The number of anilines is 1. The van der Waals surface area contributed by atoms with Crippen LogP contribution in [0.15, 0.2) is 22.7 Å². The van der Waals surface area contributed by atoms with Crippen LogP contribution in [0.25, 0.3) is 0 Å². The molecule has 0 aliphatic heterocycles. The van der Waals surface area contributed by atoms with Crippen LogP contribution in [0.3, 0.4) is 0 Å². The van der Waals surface area contributed by atoms with Gasteiger partial charge in [0.1, 0.15) is 0 Å². The summed E-state index contributed by atoms with van der Waals surface area (Å²) < 4.78 is 1.01. The molecule has 0 saturated heterocycles. The molecule has 1 aromatic rings. The monoisotopic (exact) mass is 325 g/mol. The van der Waals surface area contributed by atoms with Gasteiger partial charge in [-0.15, -0.1) is 0 Å².